The summed E-state index contributed by atoms with van der Waals surface area (Å²) in [6.07, 6.45) is 10.4. The number of anilines is 1. The third-order valence-corrected chi connectivity index (χ3v) is 4.57. The van der Waals surface area contributed by atoms with Gasteiger partial charge in [-0.25, -0.2) is 9.97 Å². The van der Waals surface area contributed by atoms with Gasteiger partial charge < -0.3 is 9.80 Å². The van der Waals surface area contributed by atoms with Crippen LogP contribution in [0.1, 0.15) is 32.1 Å². The number of piperidine rings is 1. The SMILES string of the molecule is Brc1cnc(N2CCC[C@@H]2CN2CCCCC2)nc1. The maximum absolute atomic E-state index is 4.45. The molecule has 2 aliphatic rings. The summed E-state index contributed by atoms with van der Waals surface area (Å²) < 4.78 is 0.947. The molecule has 0 N–H and O–H groups in total. The van der Waals surface area contributed by atoms with Gasteiger partial charge in [0.2, 0.25) is 5.95 Å². The zero-order chi connectivity index (χ0) is 13.1. The normalized spacial score (nSPS) is 24.9. The highest BCUT2D eigenvalue weighted by Gasteiger charge is 2.28. The van der Waals surface area contributed by atoms with Crippen LogP contribution < -0.4 is 4.90 Å². The van der Waals surface area contributed by atoms with Crippen LogP contribution in [-0.4, -0.2) is 47.1 Å². The molecule has 19 heavy (non-hydrogen) atoms. The van der Waals surface area contributed by atoms with Crippen molar-refractivity contribution in [1.29, 1.82) is 0 Å². The van der Waals surface area contributed by atoms with Gasteiger partial charge in [0.15, 0.2) is 0 Å². The van der Waals surface area contributed by atoms with Gasteiger partial charge in [0.1, 0.15) is 0 Å². The Morgan fingerprint density at radius 1 is 1.05 bits per heavy atom. The molecular formula is C14H21BrN4. The van der Waals surface area contributed by atoms with Gasteiger partial charge in [0.25, 0.3) is 0 Å². The monoisotopic (exact) mass is 324 g/mol. The second kappa shape index (κ2) is 6.18. The minimum absolute atomic E-state index is 0.597. The van der Waals surface area contributed by atoms with Gasteiger partial charge in [0, 0.05) is 31.5 Å². The Kier molecular flexibility index (Phi) is 4.33. The number of likely N-dealkylation sites (tertiary alicyclic amines) is 1. The van der Waals surface area contributed by atoms with Crippen LogP contribution in [0.4, 0.5) is 5.95 Å². The maximum atomic E-state index is 4.45. The number of rotatable bonds is 3. The van der Waals surface area contributed by atoms with E-state index in [1.807, 2.05) is 12.4 Å². The third-order valence-electron chi connectivity index (χ3n) is 4.16. The van der Waals surface area contributed by atoms with E-state index in [4.69, 9.17) is 0 Å². The Bertz CT molecular complexity index is 402. The van der Waals surface area contributed by atoms with Crippen LogP contribution in [0.2, 0.25) is 0 Å². The van der Waals surface area contributed by atoms with Crippen molar-refractivity contribution in [2.24, 2.45) is 0 Å². The fraction of sp³-hybridized carbons (Fsp3) is 0.714. The van der Waals surface area contributed by atoms with Crippen LogP contribution >= 0.6 is 15.9 Å². The Hall–Kier alpha value is -0.680. The number of halogens is 1. The van der Waals surface area contributed by atoms with E-state index in [0.717, 1.165) is 17.0 Å². The summed E-state index contributed by atoms with van der Waals surface area (Å²) in [5, 5.41) is 0. The average molecular weight is 325 g/mol. The highest BCUT2D eigenvalue weighted by atomic mass is 79.9. The van der Waals surface area contributed by atoms with Gasteiger partial charge in [0.05, 0.1) is 4.47 Å². The first-order valence-electron chi connectivity index (χ1n) is 7.29. The molecule has 0 aromatic carbocycles. The molecule has 0 aliphatic carbocycles. The Morgan fingerprint density at radius 2 is 1.79 bits per heavy atom. The lowest BCUT2D eigenvalue weighted by atomic mass is 10.1. The number of nitrogens with zero attached hydrogens (tertiary/aromatic N) is 4. The molecule has 2 aliphatic heterocycles. The van der Waals surface area contributed by atoms with Crippen molar-refractivity contribution in [3.05, 3.63) is 16.9 Å². The van der Waals surface area contributed by atoms with Crippen LogP contribution in [-0.2, 0) is 0 Å². The lowest BCUT2D eigenvalue weighted by molar-refractivity contribution is 0.216. The average Bonchev–Trinajstić information content (AvgIpc) is 2.89. The highest BCUT2D eigenvalue weighted by Crippen LogP contribution is 2.24. The molecular weight excluding hydrogens is 304 g/mol. The molecule has 0 bridgehead atoms. The molecule has 1 aromatic rings. The van der Waals surface area contributed by atoms with Gasteiger partial charge >= 0.3 is 0 Å². The van der Waals surface area contributed by atoms with Gasteiger partial charge in [-0.15, -0.1) is 0 Å². The molecule has 0 spiro atoms. The number of hydrogen-bond donors (Lipinski definition) is 0. The fourth-order valence-corrected chi connectivity index (χ4v) is 3.39. The first-order valence-corrected chi connectivity index (χ1v) is 8.09. The van der Waals surface area contributed by atoms with Crippen molar-refractivity contribution in [3.63, 3.8) is 0 Å². The summed E-state index contributed by atoms with van der Waals surface area (Å²) in [5.74, 6) is 0.891. The van der Waals surface area contributed by atoms with Crippen LogP contribution in [0.25, 0.3) is 0 Å². The van der Waals surface area contributed by atoms with Gasteiger partial charge in [-0.2, -0.15) is 0 Å². The van der Waals surface area contributed by atoms with Crippen LogP contribution in [0.15, 0.2) is 16.9 Å². The molecule has 3 heterocycles. The smallest absolute Gasteiger partial charge is 0.225 e. The lowest BCUT2D eigenvalue weighted by Crippen LogP contribution is -2.43. The van der Waals surface area contributed by atoms with Crippen molar-refractivity contribution in [3.8, 4) is 0 Å². The molecule has 0 saturated carbocycles. The van der Waals surface area contributed by atoms with E-state index in [1.165, 1.54) is 51.7 Å². The standard InChI is InChI=1S/C14H21BrN4/c15-12-9-16-14(17-10-12)19-8-4-5-13(19)11-18-6-2-1-3-7-18/h9-10,13H,1-8,11H2/t13-/m1/s1. The molecule has 0 amide bonds. The van der Waals surface area contributed by atoms with E-state index in [2.05, 4.69) is 35.7 Å². The topological polar surface area (TPSA) is 32.3 Å². The molecule has 1 atom stereocenters. The quantitative estimate of drug-likeness (QED) is 0.855. The molecule has 3 rings (SSSR count). The predicted octanol–water partition coefficient (Wildman–Crippen LogP) is 2.69. The zero-order valence-corrected chi connectivity index (χ0v) is 12.8. The summed E-state index contributed by atoms with van der Waals surface area (Å²) in [4.78, 5) is 13.9. The van der Waals surface area contributed by atoms with Crippen molar-refractivity contribution in [1.82, 2.24) is 14.9 Å². The molecule has 5 heteroatoms. The highest BCUT2D eigenvalue weighted by molar-refractivity contribution is 9.10. The minimum Gasteiger partial charge on any atom is -0.337 e. The van der Waals surface area contributed by atoms with Crippen molar-refractivity contribution >= 4 is 21.9 Å². The number of hydrogen-bond acceptors (Lipinski definition) is 4. The maximum Gasteiger partial charge on any atom is 0.225 e. The van der Waals surface area contributed by atoms with E-state index >= 15 is 0 Å². The van der Waals surface area contributed by atoms with E-state index < -0.39 is 0 Å². The molecule has 0 unspecified atom stereocenters. The van der Waals surface area contributed by atoms with Crippen LogP contribution in [0.5, 0.6) is 0 Å². The second-order valence-corrected chi connectivity index (χ2v) is 6.47. The van der Waals surface area contributed by atoms with Crippen molar-refractivity contribution < 1.29 is 0 Å². The fourth-order valence-electron chi connectivity index (χ4n) is 3.18. The zero-order valence-electron chi connectivity index (χ0n) is 11.3. The minimum atomic E-state index is 0.597. The largest absolute Gasteiger partial charge is 0.337 e. The van der Waals surface area contributed by atoms with Gasteiger partial charge in [-0.05, 0) is 54.7 Å². The van der Waals surface area contributed by atoms with E-state index in [-0.39, 0.29) is 0 Å². The third kappa shape index (κ3) is 3.26. The summed E-state index contributed by atoms with van der Waals surface area (Å²) >= 11 is 3.40. The predicted molar refractivity (Wildman–Crippen MR) is 80.4 cm³/mol. The Balaban J connectivity index is 1.65. The first-order chi connectivity index (χ1) is 9.33. The lowest BCUT2D eigenvalue weighted by Gasteiger charge is -2.32. The molecule has 1 aromatic heterocycles. The molecule has 4 nitrogen and oxygen atoms in total. The van der Waals surface area contributed by atoms with Crippen LogP contribution in [0.3, 0.4) is 0 Å². The van der Waals surface area contributed by atoms with E-state index in [0.29, 0.717) is 6.04 Å². The number of aromatic nitrogens is 2. The second-order valence-electron chi connectivity index (χ2n) is 5.55. The van der Waals surface area contributed by atoms with Crippen LogP contribution in [0, 0.1) is 0 Å². The van der Waals surface area contributed by atoms with E-state index in [9.17, 15) is 0 Å². The van der Waals surface area contributed by atoms with Crippen molar-refractivity contribution in [2.75, 3.05) is 31.1 Å². The summed E-state index contributed by atoms with van der Waals surface area (Å²) in [6, 6.07) is 0.597. The van der Waals surface area contributed by atoms with E-state index in [1.54, 1.807) is 0 Å². The Labute approximate surface area is 123 Å². The molecule has 2 saturated heterocycles. The van der Waals surface area contributed by atoms with Gasteiger partial charge in [-0.1, -0.05) is 6.42 Å². The summed E-state index contributed by atoms with van der Waals surface area (Å²) in [5.41, 5.74) is 0. The van der Waals surface area contributed by atoms with Crippen molar-refractivity contribution in [2.45, 2.75) is 38.1 Å². The first kappa shape index (κ1) is 13.3. The molecule has 0 radical (unpaired) electrons. The summed E-state index contributed by atoms with van der Waals surface area (Å²) in [7, 11) is 0. The molecule has 104 valence electrons. The van der Waals surface area contributed by atoms with Gasteiger partial charge in [-0.3, -0.25) is 0 Å². The molecule has 2 fully saturated rings. The Morgan fingerprint density at radius 3 is 2.53 bits per heavy atom. The summed E-state index contributed by atoms with van der Waals surface area (Å²) in [6.45, 7) is 4.82.